The number of nitrogens with zero attached hydrogens (tertiary/aromatic N) is 6. The largest absolute Gasteiger partial charge is 0.374 e. The number of amides is 1. The Morgan fingerprint density at radius 3 is 2.72 bits per heavy atom. The predicted molar refractivity (Wildman–Crippen MR) is 135 cm³/mol. The lowest BCUT2D eigenvalue weighted by Crippen LogP contribution is -2.37. The van der Waals surface area contributed by atoms with Crippen molar-refractivity contribution in [3.63, 3.8) is 0 Å². The highest BCUT2D eigenvalue weighted by atomic mass is 32.2. The summed E-state index contributed by atoms with van der Waals surface area (Å²) in [6, 6.07) is 1.93. The van der Waals surface area contributed by atoms with Crippen LogP contribution in [0.15, 0.2) is 24.7 Å². The second kappa shape index (κ2) is 10.1. The topological polar surface area (TPSA) is 133 Å². The Morgan fingerprint density at radius 1 is 1.26 bits per heavy atom. The lowest BCUT2D eigenvalue weighted by molar-refractivity contribution is 0.0988. The van der Waals surface area contributed by atoms with Crippen LogP contribution in [0.2, 0.25) is 0 Å². The van der Waals surface area contributed by atoms with E-state index in [-0.39, 0.29) is 42.0 Å². The molecule has 2 saturated heterocycles. The first-order chi connectivity index (χ1) is 18.6. The average Bonchev–Trinajstić information content (AvgIpc) is 3.70. The fourth-order valence-corrected chi connectivity index (χ4v) is 6.13. The quantitative estimate of drug-likeness (QED) is 0.409. The molecule has 2 aliphatic heterocycles. The molecular formula is C24H29F2N7O5S. The Balaban J connectivity index is 1.17. The van der Waals surface area contributed by atoms with Gasteiger partial charge >= 0.3 is 0 Å². The molecule has 2 atom stereocenters. The third kappa shape index (κ3) is 5.34. The maximum absolute atomic E-state index is 13.9. The van der Waals surface area contributed by atoms with Gasteiger partial charge in [-0.1, -0.05) is 0 Å². The number of hydrogen-bond donors (Lipinski definition) is 1. The number of aromatic nitrogens is 5. The van der Waals surface area contributed by atoms with E-state index in [4.69, 9.17) is 8.92 Å². The van der Waals surface area contributed by atoms with Gasteiger partial charge < -0.3 is 15.0 Å². The normalized spacial score (nSPS) is 25.2. The molecule has 6 rings (SSSR count). The Morgan fingerprint density at radius 2 is 2.05 bits per heavy atom. The molecule has 3 aromatic rings. The standard InChI is InChI=1S/C24H29F2N7O5S/c1-39(35,36)38-12-14-2-4-15(5-3-14)33-11-19(21(30-33)22(25)26)28-24(34)18-9-27-32-7-6-20(29-23(18)32)31-10-17-8-16(31)13-37-17/h6-7,9,11,14-17,22H,2-5,8,10,12-13H2,1H3,(H,28,34)/t14-,15-,16-,17-/m1/s1. The average molecular weight is 566 g/mol. The van der Waals surface area contributed by atoms with Crippen molar-refractivity contribution >= 4 is 33.2 Å². The maximum atomic E-state index is 13.9. The number of carbonyl (C=O) groups is 1. The molecule has 210 valence electrons. The summed E-state index contributed by atoms with van der Waals surface area (Å²) < 4.78 is 63.8. The second-order valence-corrected chi connectivity index (χ2v) is 12.1. The van der Waals surface area contributed by atoms with Crippen LogP contribution in [-0.4, -0.2) is 76.9 Å². The number of carbonyl (C=O) groups excluding carboxylic acids is 1. The van der Waals surface area contributed by atoms with Crippen molar-refractivity contribution in [2.24, 2.45) is 5.92 Å². The van der Waals surface area contributed by atoms with E-state index in [0.717, 1.165) is 19.2 Å². The van der Waals surface area contributed by atoms with Gasteiger partial charge in [0.1, 0.15) is 11.4 Å². The van der Waals surface area contributed by atoms with Crippen LogP contribution in [0.3, 0.4) is 0 Å². The molecule has 1 N–H and O–H groups in total. The summed E-state index contributed by atoms with van der Waals surface area (Å²) in [5, 5.41) is 10.9. The van der Waals surface area contributed by atoms with Crippen LogP contribution in [0.25, 0.3) is 5.65 Å². The second-order valence-electron chi connectivity index (χ2n) is 10.4. The molecule has 0 radical (unpaired) electrons. The third-order valence-corrected chi connectivity index (χ3v) is 8.28. The number of halogens is 2. The SMILES string of the molecule is CS(=O)(=O)OC[C@H]1CC[C@H](n2cc(NC(=O)c3cnn4ccc(N5C[C@H]6C[C@@H]5CO6)nc34)c(C(F)F)n2)CC1. The number of rotatable bonds is 8. The van der Waals surface area contributed by atoms with Crippen LogP contribution >= 0.6 is 0 Å². The lowest BCUT2D eigenvalue weighted by Gasteiger charge is -2.28. The monoisotopic (exact) mass is 565 g/mol. The van der Waals surface area contributed by atoms with E-state index in [2.05, 4.69) is 25.4 Å². The molecule has 3 fully saturated rings. The highest BCUT2D eigenvalue weighted by Gasteiger charge is 2.39. The van der Waals surface area contributed by atoms with Crippen molar-refractivity contribution in [2.45, 2.75) is 56.7 Å². The van der Waals surface area contributed by atoms with Crippen molar-refractivity contribution in [3.8, 4) is 0 Å². The summed E-state index contributed by atoms with van der Waals surface area (Å²) in [5.41, 5.74) is -0.0859. The molecule has 39 heavy (non-hydrogen) atoms. The number of morpholine rings is 1. The summed E-state index contributed by atoms with van der Waals surface area (Å²) in [5.74, 6) is 0.173. The zero-order valence-electron chi connectivity index (χ0n) is 21.2. The van der Waals surface area contributed by atoms with Gasteiger partial charge in [-0.2, -0.15) is 18.6 Å². The van der Waals surface area contributed by atoms with Crippen LogP contribution in [0.1, 0.15) is 60.6 Å². The summed E-state index contributed by atoms with van der Waals surface area (Å²) in [4.78, 5) is 20.0. The zero-order valence-corrected chi connectivity index (χ0v) is 22.1. The number of ether oxygens (including phenoxy) is 1. The third-order valence-electron chi connectivity index (χ3n) is 7.72. The Labute approximate surface area is 223 Å². The molecule has 2 bridgehead atoms. The van der Waals surface area contributed by atoms with Crippen molar-refractivity contribution in [1.82, 2.24) is 24.4 Å². The number of fused-ring (bicyclic) bond motifs is 3. The summed E-state index contributed by atoms with van der Waals surface area (Å²) in [7, 11) is -3.51. The Hall–Kier alpha value is -3.17. The molecule has 0 spiro atoms. The molecule has 3 aromatic heterocycles. The van der Waals surface area contributed by atoms with E-state index >= 15 is 0 Å². The molecule has 1 saturated carbocycles. The molecule has 1 amide bonds. The molecule has 3 aliphatic rings. The van der Waals surface area contributed by atoms with Gasteiger partial charge in [0.2, 0.25) is 0 Å². The minimum absolute atomic E-state index is 0.0663. The first-order valence-electron chi connectivity index (χ1n) is 12.9. The van der Waals surface area contributed by atoms with E-state index in [1.807, 2.05) is 6.07 Å². The number of anilines is 2. The van der Waals surface area contributed by atoms with Crippen molar-refractivity contribution in [2.75, 3.05) is 36.2 Å². The van der Waals surface area contributed by atoms with E-state index in [9.17, 15) is 22.0 Å². The molecular weight excluding hydrogens is 536 g/mol. The fourth-order valence-electron chi connectivity index (χ4n) is 5.70. The Bertz CT molecular complexity index is 1490. The van der Waals surface area contributed by atoms with Crippen LogP contribution < -0.4 is 10.2 Å². The van der Waals surface area contributed by atoms with Crippen molar-refractivity contribution in [3.05, 3.63) is 35.9 Å². The van der Waals surface area contributed by atoms with Gasteiger partial charge in [-0.05, 0) is 44.1 Å². The van der Waals surface area contributed by atoms with Crippen LogP contribution in [-0.2, 0) is 19.0 Å². The highest BCUT2D eigenvalue weighted by molar-refractivity contribution is 7.85. The van der Waals surface area contributed by atoms with Gasteiger partial charge in [0.15, 0.2) is 11.3 Å². The summed E-state index contributed by atoms with van der Waals surface area (Å²) in [6.07, 6.45) is 6.37. The van der Waals surface area contributed by atoms with Gasteiger partial charge in [-0.3, -0.25) is 13.7 Å². The predicted octanol–water partition coefficient (Wildman–Crippen LogP) is 2.80. The number of nitrogens with one attached hydrogen (secondary N) is 1. The molecule has 12 nitrogen and oxygen atoms in total. The summed E-state index contributed by atoms with van der Waals surface area (Å²) in [6.45, 7) is 1.48. The smallest absolute Gasteiger partial charge is 0.284 e. The van der Waals surface area contributed by atoms with Crippen LogP contribution in [0.4, 0.5) is 20.3 Å². The summed E-state index contributed by atoms with van der Waals surface area (Å²) >= 11 is 0. The molecule has 0 unspecified atom stereocenters. The van der Waals surface area contributed by atoms with Gasteiger partial charge in [0.25, 0.3) is 22.5 Å². The molecule has 0 aromatic carbocycles. The van der Waals surface area contributed by atoms with Gasteiger partial charge in [-0.25, -0.2) is 18.3 Å². The highest BCUT2D eigenvalue weighted by Crippen LogP contribution is 2.35. The minimum atomic E-state index is -3.51. The van der Waals surface area contributed by atoms with E-state index in [1.54, 1.807) is 6.20 Å². The van der Waals surface area contributed by atoms with Crippen LogP contribution in [0, 0.1) is 5.92 Å². The van der Waals surface area contributed by atoms with Crippen LogP contribution in [0.5, 0.6) is 0 Å². The van der Waals surface area contributed by atoms with Gasteiger partial charge in [0.05, 0.1) is 49.5 Å². The first-order valence-corrected chi connectivity index (χ1v) is 14.7. The number of hydrogen-bond acceptors (Lipinski definition) is 9. The van der Waals surface area contributed by atoms with Crippen molar-refractivity contribution in [1.29, 1.82) is 0 Å². The minimum Gasteiger partial charge on any atom is -0.374 e. The van der Waals surface area contributed by atoms with Gasteiger partial charge in [0, 0.05) is 18.9 Å². The lowest BCUT2D eigenvalue weighted by atomic mass is 9.87. The first kappa shape index (κ1) is 26.1. The molecule has 5 heterocycles. The fraction of sp³-hybridized carbons (Fsp3) is 0.583. The van der Waals surface area contributed by atoms with Gasteiger partial charge in [-0.15, -0.1) is 0 Å². The Kier molecular flexibility index (Phi) is 6.75. The zero-order chi connectivity index (χ0) is 27.3. The van der Waals surface area contributed by atoms with E-state index in [1.165, 1.54) is 21.6 Å². The maximum Gasteiger partial charge on any atom is 0.284 e. The van der Waals surface area contributed by atoms with E-state index in [0.29, 0.717) is 43.8 Å². The number of alkyl halides is 2. The van der Waals surface area contributed by atoms with E-state index < -0.39 is 28.1 Å². The molecule has 1 aliphatic carbocycles. The van der Waals surface area contributed by atoms with Crippen molar-refractivity contribution < 1.29 is 30.9 Å². The molecule has 15 heteroatoms.